The van der Waals surface area contributed by atoms with Crippen LogP contribution in [0.1, 0.15) is 24.2 Å². The Morgan fingerprint density at radius 1 is 1.47 bits per heavy atom. The SMILES string of the molecule is CC(C)C(CO)NC(=O)c1cc(Cl)cc(Br)c1. The van der Waals surface area contributed by atoms with Gasteiger partial charge in [0.25, 0.3) is 5.91 Å². The minimum atomic E-state index is -0.250. The number of aliphatic hydroxyl groups is 1. The summed E-state index contributed by atoms with van der Waals surface area (Å²) < 4.78 is 0.750. The Morgan fingerprint density at radius 3 is 2.59 bits per heavy atom. The lowest BCUT2D eigenvalue weighted by molar-refractivity contribution is 0.0897. The van der Waals surface area contributed by atoms with Gasteiger partial charge in [-0.25, -0.2) is 0 Å². The fourth-order valence-electron chi connectivity index (χ4n) is 1.36. The van der Waals surface area contributed by atoms with E-state index in [1.807, 2.05) is 13.8 Å². The average Bonchev–Trinajstić information content (AvgIpc) is 2.23. The van der Waals surface area contributed by atoms with Crippen LogP contribution in [0.15, 0.2) is 22.7 Å². The number of benzene rings is 1. The van der Waals surface area contributed by atoms with Crippen molar-refractivity contribution >= 4 is 33.4 Å². The van der Waals surface area contributed by atoms with Gasteiger partial charge >= 0.3 is 0 Å². The predicted molar refractivity (Wildman–Crippen MR) is 72.3 cm³/mol. The minimum Gasteiger partial charge on any atom is -0.394 e. The van der Waals surface area contributed by atoms with Gasteiger partial charge in [0.1, 0.15) is 0 Å². The zero-order valence-corrected chi connectivity index (χ0v) is 12.0. The molecule has 1 aromatic carbocycles. The number of carbonyl (C=O) groups is 1. The Bertz CT molecular complexity index is 389. The lowest BCUT2D eigenvalue weighted by atomic mass is 10.0. The molecule has 1 atom stereocenters. The molecule has 0 fully saturated rings. The molecule has 1 unspecified atom stereocenters. The van der Waals surface area contributed by atoms with Gasteiger partial charge in [-0.1, -0.05) is 41.4 Å². The Labute approximate surface area is 114 Å². The number of aliphatic hydroxyl groups excluding tert-OH is 1. The van der Waals surface area contributed by atoms with Crippen LogP contribution in [0.3, 0.4) is 0 Å². The van der Waals surface area contributed by atoms with Crippen LogP contribution in [0.4, 0.5) is 0 Å². The molecule has 17 heavy (non-hydrogen) atoms. The van der Waals surface area contributed by atoms with Crippen molar-refractivity contribution in [2.45, 2.75) is 19.9 Å². The van der Waals surface area contributed by atoms with Gasteiger partial charge in [0.15, 0.2) is 0 Å². The lowest BCUT2D eigenvalue weighted by Crippen LogP contribution is -2.41. The first-order valence-corrected chi connectivity index (χ1v) is 6.49. The summed E-state index contributed by atoms with van der Waals surface area (Å²) in [5, 5.41) is 12.4. The first-order chi connectivity index (χ1) is 7.93. The second-order valence-corrected chi connectivity index (χ2v) is 5.52. The Hall–Kier alpha value is -0.580. The molecule has 0 aliphatic rings. The predicted octanol–water partition coefficient (Wildman–Crippen LogP) is 2.85. The zero-order chi connectivity index (χ0) is 13.0. The van der Waals surface area contributed by atoms with E-state index in [2.05, 4.69) is 21.2 Å². The van der Waals surface area contributed by atoms with Crippen molar-refractivity contribution in [1.29, 1.82) is 0 Å². The van der Waals surface area contributed by atoms with E-state index in [0.717, 1.165) is 4.47 Å². The third-order valence-corrected chi connectivity index (χ3v) is 3.12. The van der Waals surface area contributed by atoms with E-state index < -0.39 is 0 Å². The normalized spacial score (nSPS) is 12.6. The first-order valence-electron chi connectivity index (χ1n) is 5.32. The number of nitrogens with one attached hydrogen (secondary N) is 1. The molecule has 0 saturated heterocycles. The number of carbonyl (C=O) groups excluding carboxylic acids is 1. The maximum atomic E-state index is 11.9. The second kappa shape index (κ2) is 6.38. The topological polar surface area (TPSA) is 49.3 Å². The van der Waals surface area contributed by atoms with Crippen LogP contribution in [0.25, 0.3) is 0 Å². The van der Waals surface area contributed by atoms with E-state index in [1.54, 1.807) is 18.2 Å². The van der Waals surface area contributed by atoms with Crippen LogP contribution in [0.5, 0.6) is 0 Å². The number of hydrogen-bond donors (Lipinski definition) is 2. The van der Waals surface area contributed by atoms with Crippen LogP contribution in [-0.2, 0) is 0 Å². The molecule has 2 N–H and O–H groups in total. The molecule has 0 aliphatic heterocycles. The minimum absolute atomic E-state index is 0.0782. The summed E-state index contributed by atoms with van der Waals surface area (Å²) in [5.74, 6) is -0.0625. The smallest absolute Gasteiger partial charge is 0.251 e. The lowest BCUT2D eigenvalue weighted by Gasteiger charge is -2.20. The van der Waals surface area contributed by atoms with Gasteiger partial charge < -0.3 is 10.4 Å². The molecule has 0 radical (unpaired) electrons. The third-order valence-electron chi connectivity index (χ3n) is 2.44. The first kappa shape index (κ1) is 14.5. The van der Waals surface area contributed by atoms with Crippen molar-refractivity contribution in [1.82, 2.24) is 5.32 Å². The van der Waals surface area contributed by atoms with Crippen molar-refractivity contribution in [3.63, 3.8) is 0 Å². The van der Waals surface area contributed by atoms with Crippen LogP contribution >= 0.6 is 27.5 Å². The van der Waals surface area contributed by atoms with E-state index in [1.165, 1.54) is 0 Å². The van der Waals surface area contributed by atoms with Gasteiger partial charge in [-0.2, -0.15) is 0 Å². The van der Waals surface area contributed by atoms with Crippen LogP contribution in [-0.4, -0.2) is 23.7 Å². The highest BCUT2D eigenvalue weighted by molar-refractivity contribution is 9.10. The molecule has 0 aromatic heterocycles. The van der Waals surface area contributed by atoms with E-state index in [0.29, 0.717) is 10.6 Å². The van der Waals surface area contributed by atoms with E-state index in [4.69, 9.17) is 16.7 Å². The summed E-state index contributed by atoms with van der Waals surface area (Å²) in [6, 6.07) is 4.75. The maximum absolute atomic E-state index is 11.9. The van der Waals surface area contributed by atoms with Crippen LogP contribution in [0.2, 0.25) is 5.02 Å². The fraction of sp³-hybridized carbons (Fsp3) is 0.417. The molecule has 1 rings (SSSR count). The Morgan fingerprint density at radius 2 is 2.12 bits per heavy atom. The Balaban J connectivity index is 2.82. The molecule has 0 aliphatic carbocycles. The molecule has 5 heteroatoms. The van der Waals surface area contributed by atoms with Crippen molar-refractivity contribution in [3.05, 3.63) is 33.3 Å². The number of amides is 1. The largest absolute Gasteiger partial charge is 0.394 e. The molecule has 0 saturated carbocycles. The van der Waals surface area contributed by atoms with Crippen molar-refractivity contribution < 1.29 is 9.90 Å². The molecule has 94 valence electrons. The highest BCUT2D eigenvalue weighted by atomic mass is 79.9. The summed E-state index contributed by atoms with van der Waals surface area (Å²) in [4.78, 5) is 11.9. The fourth-order valence-corrected chi connectivity index (χ4v) is 2.22. The molecule has 1 amide bonds. The zero-order valence-electron chi connectivity index (χ0n) is 9.71. The highest BCUT2D eigenvalue weighted by Gasteiger charge is 2.16. The van der Waals surface area contributed by atoms with Gasteiger partial charge in [-0.15, -0.1) is 0 Å². The van der Waals surface area contributed by atoms with Crippen LogP contribution < -0.4 is 5.32 Å². The monoisotopic (exact) mass is 319 g/mol. The second-order valence-electron chi connectivity index (χ2n) is 4.16. The van der Waals surface area contributed by atoms with E-state index >= 15 is 0 Å². The van der Waals surface area contributed by atoms with Crippen LogP contribution in [0, 0.1) is 5.92 Å². The summed E-state index contributed by atoms with van der Waals surface area (Å²) >= 11 is 9.15. The summed E-state index contributed by atoms with van der Waals surface area (Å²) in [7, 11) is 0. The Kier molecular flexibility index (Phi) is 5.43. The van der Waals surface area contributed by atoms with E-state index in [-0.39, 0.29) is 24.5 Å². The summed E-state index contributed by atoms with van der Waals surface area (Å²) in [6.07, 6.45) is 0. The number of halogens is 2. The maximum Gasteiger partial charge on any atom is 0.251 e. The number of rotatable bonds is 4. The molecule has 0 spiro atoms. The molecular weight excluding hydrogens is 305 g/mol. The van der Waals surface area contributed by atoms with Crippen molar-refractivity contribution in [2.75, 3.05) is 6.61 Å². The van der Waals surface area contributed by atoms with Crippen molar-refractivity contribution in [2.24, 2.45) is 5.92 Å². The molecule has 3 nitrogen and oxygen atoms in total. The third kappa shape index (κ3) is 4.30. The van der Waals surface area contributed by atoms with Crippen molar-refractivity contribution in [3.8, 4) is 0 Å². The quantitative estimate of drug-likeness (QED) is 0.896. The molecule has 0 heterocycles. The van der Waals surface area contributed by atoms with Gasteiger partial charge in [-0.3, -0.25) is 4.79 Å². The molecule has 1 aromatic rings. The van der Waals surface area contributed by atoms with Gasteiger partial charge in [0.05, 0.1) is 12.6 Å². The van der Waals surface area contributed by atoms with Gasteiger partial charge in [0, 0.05) is 15.1 Å². The molecular formula is C12H15BrClNO2. The van der Waals surface area contributed by atoms with Gasteiger partial charge in [0.2, 0.25) is 0 Å². The van der Waals surface area contributed by atoms with E-state index in [9.17, 15) is 4.79 Å². The summed E-state index contributed by atoms with van der Waals surface area (Å²) in [6.45, 7) is 3.80. The highest BCUT2D eigenvalue weighted by Crippen LogP contribution is 2.19. The summed E-state index contributed by atoms with van der Waals surface area (Å²) in [5.41, 5.74) is 0.475. The number of hydrogen-bond acceptors (Lipinski definition) is 2. The standard InChI is InChI=1S/C12H15BrClNO2/c1-7(2)11(6-16)15-12(17)8-3-9(13)5-10(14)4-8/h3-5,7,11,16H,6H2,1-2H3,(H,15,17). The molecule has 0 bridgehead atoms. The van der Waals surface area contributed by atoms with Gasteiger partial charge in [-0.05, 0) is 24.1 Å². The average molecular weight is 321 g/mol.